The maximum absolute atomic E-state index is 12.0. The molecule has 1 aromatic heterocycles. The van der Waals surface area contributed by atoms with Crippen molar-refractivity contribution in [2.24, 2.45) is 0 Å². The third-order valence-corrected chi connectivity index (χ3v) is 3.73. The molecule has 0 aliphatic carbocycles. The number of aromatic hydroxyl groups is 1. The monoisotopic (exact) mass is 235 g/mol. The average molecular weight is 235 g/mol. The van der Waals surface area contributed by atoms with Crippen molar-refractivity contribution in [3.05, 3.63) is 48.7 Å². The molecule has 0 spiro atoms. The number of rotatable bonds is 2. The summed E-state index contributed by atoms with van der Waals surface area (Å²) in [5, 5.41) is 8.96. The Morgan fingerprint density at radius 3 is 2.25 bits per heavy atom. The highest BCUT2D eigenvalue weighted by Crippen LogP contribution is 2.19. The molecule has 2 rings (SSSR count). The van der Waals surface area contributed by atoms with Crippen LogP contribution in [0.3, 0.4) is 0 Å². The highest BCUT2D eigenvalue weighted by molar-refractivity contribution is 7.91. The maximum Gasteiger partial charge on any atom is 0.223 e. The summed E-state index contributed by atoms with van der Waals surface area (Å²) in [7, 11) is -3.58. The lowest BCUT2D eigenvalue weighted by molar-refractivity contribution is 0.471. The molecule has 5 heteroatoms. The predicted octanol–water partition coefficient (Wildman–Crippen LogP) is 1.62. The van der Waals surface area contributed by atoms with Crippen LogP contribution >= 0.6 is 0 Å². The standard InChI is InChI=1S/C11H9NO3S/c13-9-6-7-11(12-8-9)16(14,15)10-4-2-1-3-5-10/h1-8,13H. The number of sulfone groups is 1. The van der Waals surface area contributed by atoms with Crippen molar-refractivity contribution in [1.29, 1.82) is 0 Å². The van der Waals surface area contributed by atoms with E-state index in [0.29, 0.717) is 0 Å². The molecule has 0 fully saturated rings. The van der Waals surface area contributed by atoms with Gasteiger partial charge in [0.15, 0.2) is 5.03 Å². The Morgan fingerprint density at radius 1 is 1.00 bits per heavy atom. The molecule has 1 heterocycles. The van der Waals surface area contributed by atoms with Crippen LogP contribution in [0.4, 0.5) is 0 Å². The minimum Gasteiger partial charge on any atom is -0.506 e. The molecular weight excluding hydrogens is 226 g/mol. The minimum absolute atomic E-state index is 0.0630. The average Bonchev–Trinajstić information content (AvgIpc) is 2.31. The first-order valence-electron chi connectivity index (χ1n) is 4.56. The fourth-order valence-electron chi connectivity index (χ4n) is 1.25. The van der Waals surface area contributed by atoms with Gasteiger partial charge in [-0.15, -0.1) is 0 Å². The molecule has 1 aromatic carbocycles. The van der Waals surface area contributed by atoms with Crippen molar-refractivity contribution < 1.29 is 13.5 Å². The fraction of sp³-hybridized carbons (Fsp3) is 0. The second-order valence-electron chi connectivity index (χ2n) is 3.17. The van der Waals surface area contributed by atoms with Crippen molar-refractivity contribution >= 4 is 9.84 Å². The van der Waals surface area contributed by atoms with Gasteiger partial charge in [-0.1, -0.05) is 18.2 Å². The summed E-state index contributed by atoms with van der Waals surface area (Å²) in [6.45, 7) is 0. The Balaban J connectivity index is 2.52. The number of hydrogen-bond acceptors (Lipinski definition) is 4. The van der Waals surface area contributed by atoms with Gasteiger partial charge in [0.25, 0.3) is 0 Å². The van der Waals surface area contributed by atoms with E-state index in [1.165, 1.54) is 24.3 Å². The van der Waals surface area contributed by atoms with Crippen molar-refractivity contribution in [2.75, 3.05) is 0 Å². The Hall–Kier alpha value is -1.88. The fourth-order valence-corrected chi connectivity index (χ4v) is 2.45. The van der Waals surface area contributed by atoms with Gasteiger partial charge in [0, 0.05) is 0 Å². The zero-order valence-corrected chi connectivity index (χ0v) is 9.05. The molecule has 16 heavy (non-hydrogen) atoms. The van der Waals surface area contributed by atoms with Crippen LogP contribution in [0.1, 0.15) is 0 Å². The van der Waals surface area contributed by atoms with Gasteiger partial charge < -0.3 is 5.11 Å². The summed E-state index contributed by atoms with van der Waals surface area (Å²) in [5.74, 6) is -0.0630. The predicted molar refractivity (Wildman–Crippen MR) is 57.8 cm³/mol. The van der Waals surface area contributed by atoms with Crippen LogP contribution in [-0.2, 0) is 9.84 Å². The Morgan fingerprint density at radius 2 is 1.69 bits per heavy atom. The van der Waals surface area contributed by atoms with Crippen LogP contribution in [0.15, 0.2) is 58.6 Å². The highest BCUT2D eigenvalue weighted by Gasteiger charge is 2.18. The lowest BCUT2D eigenvalue weighted by atomic mass is 10.4. The largest absolute Gasteiger partial charge is 0.506 e. The molecule has 0 radical (unpaired) electrons. The van der Waals surface area contributed by atoms with Gasteiger partial charge in [-0.3, -0.25) is 0 Å². The van der Waals surface area contributed by atoms with Crippen LogP contribution in [-0.4, -0.2) is 18.5 Å². The zero-order valence-electron chi connectivity index (χ0n) is 8.24. The highest BCUT2D eigenvalue weighted by atomic mass is 32.2. The SMILES string of the molecule is O=S(=O)(c1ccccc1)c1ccc(O)cn1. The smallest absolute Gasteiger partial charge is 0.223 e. The minimum atomic E-state index is -3.58. The van der Waals surface area contributed by atoms with E-state index in [1.54, 1.807) is 18.2 Å². The molecule has 4 nitrogen and oxygen atoms in total. The Kier molecular flexibility index (Phi) is 2.62. The van der Waals surface area contributed by atoms with E-state index in [0.717, 1.165) is 6.20 Å². The Bertz CT molecular complexity index is 576. The summed E-state index contributed by atoms with van der Waals surface area (Å²) < 4.78 is 24.0. The van der Waals surface area contributed by atoms with E-state index in [9.17, 15) is 8.42 Å². The summed E-state index contributed by atoms with van der Waals surface area (Å²) in [6.07, 6.45) is 1.11. The lowest BCUT2D eigenvalue weighted by Gasteiger charge is -2.02. The third-order valence-electron chi connectivity index (χ3n) is 2.05. The first-order valence-corrected chi connectivity index (χ1v) is 6.04. The molecule has 2 aromatic rings. The van der Waals surface area contributed by atoms with Gasteiger partial charge in [0.05, 0.1) is 11.1 Å². The molecule has 0 amide bonds. The molecule has 0 atom stereocenters. The quantitative estimate of drug-likeness (QED) is 0.858. The summed E-state index contributed by atoms with van der Waals surface area (Å²) in [6, 6.07) is 10.6. The van der Waals surface area contributed by atoms with Gasteiger partial charge >= 0.3 is 0 Å². The van der Waals surface area contributed by atoms with Gasteiger partial charge in [-0.25, -0.2) is 13.4 Å². The van der Waals surface area contributed by atoms with Gasteiger partial charge in [0.2, 0.25) is 9.84 Å². The number of benzene rings is 1. The molecule has 82 valence electrons. The molecule has 1 N–H and O–H groups in total. The topological polar surface area (TPSA) is 67.3 Å². The second-order valence-corrected chi connectivity index (χ2v) is 5.07. The molecule has 0 unspecified atom stereocenters. The van der Waals surface area contributed by atoms with Crippen molar-refractivity contribution in [3.63, 3.8) is 0 Å². The van der Waals surface area contributed by atoms with Gasteiger partial charge in [-0.2, -0.15) is 0 Å². The Labute approximate surface area is 93.1 Å². The lowest BCUT2D eigenvalue weighted by Crippen LogP contribution is -2.03. The molecule has 0 aliphatic rings. The number of aromatic nitrogens is 1. The van der Waals surface area contributed by atoms with E-state index < -0.39 is 9.84 Å². The number of hydrogen-bond donors (Lipinski definition) is 1. The van der Waals surface area contributed by atoms with E-state index in [2.05, 4.69) is 4.98 Å². The molecule has 0 bridgehead atoms. The van der Waals surface area contributed by atoms with Crippen molar-refractivity contribution in [1.82, 2.24) is 4.98 Å². The van der Waals surface area contributed by atoms with E-state index in [4.69, 9.17) is 5.11 Å². The summed E-state index contributed by atoms with van der Waals surface area (Å²) in [4.78, 5) is 3.88. The number of nitrogens with zero attached hydrogens (tertiary/aromatic N) is 1. The summed E-state index contributed by atoms with van der Waals surface area (Å²) in [5.41, 5.74) is 0. The van der Waals surface area contributed by atoms with Crippen LogP contribution in [0, 0.1) is 0 Å². The second kappa shape index (κ2) is 3.94. The van der Waals surface area contributed by atoms with Crippen LogP contribution in [0.25, 0.3) is 0 Å². The first kappa shape index (κ1) is 10.6. The van der Waals surface area contributed by atoms with Crippen LogP contribution in [0.2, 0.25) is 0 Å². The molecular formula is C11H9NO3S. The van der Waals surface area contributed by atoms with E-state index >= 15 is 0 Å². The van der Waals surface area contributed by atoms with Crippen molar-refractivity contribution in [3.8, 4) is 5.75 Å². The van der Waals surface area contributed by atoms with Crippen molar-refractivity contribution in [2.45, 2.75) is 9.92 Å². The number of pyridine rings is 1. The molecule has 0 saturated carbocycles. The first-order chi connectivity index (χ1) is 7.60. The van der Waals surface area contributed by atoms with Gasteiger partial charge in [0.1, 0.15) is 5.75 Å². The summed E-state index contributed by atoms with van der Waals surface area (Å²) >= 11 is 0. The van der Waals surface area contributed by atoms with Gasteiger partial charge in [-0.05, 0) is 24.3 Å². The molecule has 0 aliphatic heterocycles. The van der Waals surface area contributed by atoms with Crippen LogP contribution < -0.4 is 0 Å². The molecule has 0 saturated heterocycles. The normalized spacial score (nSPS) is 11.2. The third kappa shape index (κ3) is 1.90. The van der Waals surface area contributed by atoms with Crippen LogP contribution in [0.5, 0.6) is 5.75 Å². The zero-order chi connectivity index (χ0) is 11.6. The maximum atomic E-state index is 12.0. The van der Waals surface area contributed by atoms with E-state index in [1.807, 2.05) is 0 Å². The van der Waals surface area contributed by atoms with E-state index in [-0.39, 0.29) is 15.7 Å².